The maximum Gasteiger partial charge on any atom is 0.165 e. The summed E-state index contributed by atoms with van der Waals surface area (Å²) in [6.07, 6.45) is 6.67. The largest absolute Gasteiger partial charge is 0.493 e. The molecule has 0 heterocycles. The molecule has 3 heteroatoms. The highest BCUT2D eigenvalue weighted by molar-refractivity contribution is 5.46. The van der Waals surface area contributed by atoms with Crippen molar-refractivity contribution in [2.24, 2.45) is 5.92 Å². The Kier molecular flexibility index (Phi) is 6.37. The minimum Gasteiger partial charge on any atom is -0.493 e. The molecule has 1 aromatic carbocycles. The number of rotatable bonds is 7. The molecule has 0 spiro atoms. The summed E-state index contributed by atoms with van der Waals surface area (Å²) < 4.78 is 11.2. The van der Waals surface area contributed by atoms with E-state index in [-0.39, 0.29) is 0 Å². The molecule has 1 N–H and O–H groups in total. The van der Waals surface area contributed by atoms with E-state index in [0.717, 1.165) is 24.0 Å². The van der Waals surface area contributed by atoms with Crippen LogP contribution in [-0.4, -0.2) is 19.8 Å². The molecule has 0 saturated heterocycles. The van der Waals surface area contributed by atoms with E-state index >= 15 is 0 Å². The molecule has 0 radical (unpaired) electrons. The fourth-order valence-corrected chi connectivity index (χ4v) is 3.41. The summed E-state index contributed by atoms with van der Waals surface area (Å²) in [7, 11) is 1.72. The maximum atomic E-state index is 5.65. The first-order valence-corrected chi connectivity index (χ1v) is 8.32. The molecule has 2 atom stereocenters. The zero-order valence-corrected chi connectivity index (χ0v) is 13.7. The highest BCUT2D eigenvalue weighted by Gasteiger charge is 2.23. The second kappa shape index (κ2) is 8.28. The smallest absolute Gasteiger partial charge is 0.165 e. The molecule has 21 heavy (non-hydrogen) atoms. The Morgan fingerprint density at radius 1 is 1.19 bits per heavy atom. The molecule has 1 saturated carbocycles. The number of methoxy groups -OCH3 is 1. The van der Waals surface area contributed by atoms with Gasteiger partial charge in [-0.05, 0) is 31.7 Å². The SMILES string of the molecule is CCOc1cccc(CNC2CCCCC2CC)c1OC. The van der Waals surface area contributed by atoms with Gasteiger partial charge in [-0.15, -0.1) is 0 Å². The van der Waals surface area contributed by atoms with Crippen LogP contribution in [0.5, 0.6) is 11.5 Å². The molecule has 0 aromatic heterocycles. The van der Waals surface area contributed by atoms with Crippen LogP contribution < -0.4 is 14.8 Å². The predicted molar refractivity (Wildman–Crippen MR) is 87.0 cm³/mol. The van der Waals surface area contributed by atoms with Gasteiger partial charge < -0.3 is 14.8 Å². The van der Waals surface area contributed by atoms with Crippen molar-refractivity contribution >= 4 is 0 Å². The maximum absolute atomic E-state index is 5.65. The number of nitrogens with one attached hydrogen (secondary N) is 1. The van der Waals surface area contributed by atoms with E-state index in [4.69, 9.17) is 9.47 Å². The van der Waals surface area contributed by atoms with Crippen LogP contribution in [0.3, 0.4) is 0 Å². The lowest BCUT2D eigenvalue weighted by molar-refractivity contribution is 0.252. The van der Waals surface area contributed by atoms with Gasteiger partial charge in [0.2, 0.25) is 0 Å². The molecule has 118 valence electrons. The third-order valence-electron chi connectivity index (χ3n) is 4.55. The second-order valence-electron chi connectivity index (χ2n) is 5.82. The minimum atomic E-state index is 0.643. The Morgan fingerprint density at radius 3 is 2.71 bits per heavy atom. The van der Waals surface area contributed by atoms with Crippen LogP contribution in [0.15, 0.2) is 18.2 Å². The van der Waals surface area contributed by atoms with Crippen molar-refractivity contribution in [3.05, 3.63) is 23.8 Å². The number of hydrogen-bond acceptors (Lipinski definition) is 3. The zero-order chi connectivity index (χ0) is 15.1. The van der Waals surface area contributed by atoms with Gasteiger partial charge in [-0.3, -0.25) is 0 Å². The number of ether oxygens (including phenoxy) is 2. The molecule has 0 aliphatic heterocycles. The van der Waals surface area contributed by atoms with Crippen LogP contribution in [0.1, 0.15) is 51.5 Å². The summed E-state index contributed by atoms with van der Waals surface area (Å²) in [6, 6.07) is 6.78. The minimum absolute atomic E-state index is 0.643. The molecule has 1 fully saturated rings. The van der Waals surface area contributed by atoms with Gasteiger partial charge in [-0.25, -0.2) is 0 Å². The first kappa shape index (κ1) is 16.2. The summed E-state index contributed by atoms with van der Waals surface area (Å²) in [6.45, 7) is 5.82. The van der Waals surface area contributed by atoms with Crippen molar-refractivity contribution in [2.45, 2.75) is 58.5 Å². The van der Waals surface area contributed by atoms with Crippen molar-refractivity contribution in [3.8, 4) is 11.5 Å². The van der Waals surface area contributed by atoms with Crippen LogP contribution in [0.2, 0.25) is 0 Å². The zero-order valence-electron chi connectivity index (χ0n) is 13.7. The van der Waals surface area contributed by atoms with Gasteiger partial charge in [0.05, 0.1) is 13.7 Å². The Hall–Kier alpha value is -1.22. The Bertz CT molecular complexity index is 433. The third kappa shape index (κ3) is 4.13. The average Bonchev–Trinajstić information content (AvgIpc) is 2.53. The molecular weight excluding hydrogens is 262 g/mol. The molecule has 0 amide bonds. The van der Waals surface area contributed by atoms with Crippen LogP contribution >= 0.6 is 0 Å². The first-order valence-electron chi connectivity index (χ1n) is 8.32. The van der Waals surface area contributed by atoms with Gasteiger partial charge in [0.1, 0.15) is 0 Å². The molecule has 2 unspecified atom stereocenters. The Morgan fingerprint density at radius 2 is 2.00 bits per heavy atom. The monoisotopic (exact) mass is 291 g/mol. The fraction of sp³-hybridized carbons (Fsp3) is 0.667. The Balaban J connectivity index is 2.03. The van der Waals surface area contributed by atoms with E-state index in [1.54, 1.807) is 7.11 Å². The number of hydrogen-bond donors (Lipinski definition) is 1. The van der Waals surface area contributed by atoms with E-state index in [2.05, 4.69) is 18.3 Å². The lowest BCUT2D eigenvalue weighted by Gasteiger charge is -2.32. The molecular formula is C18H29NO2. The number of para-hydroxylation sites is 1. The van der Waals surface area contributed by atoms with E-state index in [1.165, 1.54) is 37.7 Å². The quantitative estimate of drug-likeness (QED) is 0.818. The van der Waals surface area contributed by atoms with Gasteiger partial charge in [0.25, 0.3) is 0 Å². The molecule has 3 nitrogen and oxygen atoms in total. The first-order chi connectivity index (χ1) is 10.3. The number of benzene rings is 1. The molecule has 1 aromatic rings. The summed E-state index contributed by atoms with van der Waals surface area (Å²) in [5.41, 5.74) is 1.18. The van der Waals surface area contributed by atoms with E-state index in [1.807, 2.05) is 19.1 Å². The van der Waals surface area contributed by atoms with E-state index in [0.29, 0.717) is 12.6 Å². The van der Waals surface area contributed by atoms with Crippen LogP contribution in [-0.2, 0) is 6.54 Å². The predicted octanol–water partition coefficient (Wildman–Crippen LogP) is 4.15. The van der Waals surface area contributed by atoms with Gasteiger partial charge >= 0.3 is 0 Å². The highest BCUT2D eigenvalue weighted by Crippen LogP contribution is 2.32. The van der Waals surface area contributed by atoms with E-state index in [9.17, 15) is 0 Å². The second-order valence-corrected chi connectivity index (χ2v) is 5.82. The lowest BCUT2D eigenvalue weighted by Crippen LogP contribution is -2.37. The van der Waals surface area contributed by atoms with Gasteiger partial charge in [-0.1, -0.05) is 38.3 Å². The highest BCUT2D eigenvalue weighted by atomic mass is 16.5. The van der Waals surface area contributed by atoms with Crippen molar-refractivity contribution in [1.82, 2.24) is 5.32 Å². The van der Waals surface area contributed by atoms with Crippen molar-refractivity contribution in [3.63, 3.8) is 0 Å². The third-order valence-corrected chi connectivity index (χ3v) is 4.55. The summed E-state index contributed by atoms with van der Waals surface area (Å²) >= 11 is 0. The summed E-state index contributed by atoms with van der Waals surface area (Å²) in [5, 5.41) is 3.75. The van der Waals surface area contributed by atoms with Crippen LogP contribution in [0.4, 0.5) is 0 Å². The molecule has 0 bridgehead atoms. The normalized spacial score (nSPS) is 22.0. The van der Waals surface area contributed by atoms with Gasteiger partial charge in [-0.2, -0.15) is 0 Å². The fourth-order valence-electron chi connectivity index (χ4n) is 3.41. The van der Waals surface area contributed by atoms with Gasteiger partial charge in [0.15, 0.2) is 11.5 Å². The van der Waals surface area contributed by atoms with Crippen molar-refractivity contribution in [2.75, 3.05) is 13.7 Å². The Labute approximate surface area is 129 Å². The molecule has 1 aliphatic carbocycles. The lowest BCUT2D eigenvalue weighted by atomic mass is 9.83. The van der Waals surface area contributed by atoms with Gasteiger partial charge in [0, 0.05) is 18.2 Å². The summed E-state index contributed by atoms with van der Waals surface area (Å²) in [5.74, 6) is 2.53. The van der Waals surface area contributed by atoms with E-state index < -0.39 is 0 Å². The average molecular weight is 291 g/mol. The molecule has 2 rings (SSSR count). The van der Waals surface area contributed by atoms with Crippen molar-refractivity contribution in [1.29, 1.82) is 0 Å². The van der Waals surface area contributed by atoms with Crippen LogP contribution in [0.25, 0.3) is 0 Å². The summed E-state index contributed by atoms with van der Waals surface area (Å²) in [4.78, 5) is 0. The van der Waals surface area contributed by atoms with Crippen molar-refractivity contribution < 1.29 is 9.47 Å². The van der Waals surface area contributed by atoms with Crippen LogP contribution in [0, 0.1) is 5.92 Å². The standard InChI is InChI=1S/C18H29NO2/c1-4-14-9-6-7-11-16(14)19-13-15-10-8-12-17(21-5-2)18(15)20-3/h8,10,12,14,16,19H,4-7,9,11,13H2,1-3H3. The molecule has 1 aliphatic rings. The topological polar surface area (TPSA) is 30.5 Å².